The molecule has 173 valence electrons. The first-order valence-corrected chi connectivity index (χ1v) is 11.1. The van der Waals surface area contributed by atoms with Crippen molar-refractivity contribution in [2.75, 3.05) is 4.90 Å². The largest absolute Gasteiger partial charge is 0.476 e. The van der Waals surface area contributed by atoms with Gasteiger partial charge in [0.25, 0.3) is 5.91 Å². The molecule has 35 heavy (non-hydrogen) atoms. The molecule has 2 aromatic carbocycles. The van der Waals surface area contributed by atoms with Crippen LogP contribution in [0.25, 0.3) is 10.6 Å². The number of aromatic nitrogens is 2. The van der Waals surface area contributed by atoms with Crippen molar-refractivity contribution < 1.29 is 19.5 Å². The molecule has 2 aromatic heterocycles. The van der Waals surface area contributed by atoms with Crippen LogP contribution in [0.15, 0.2) is 89.5 Å². The number of imide groups is 1. The summed E-state index contributed by atoms with van der Waals surface area (Å²) in [7, 11) is 0. The highest BCUT2D eigenvalue weighted by Crippen LogP contribution is 2.27. The van der Waals surface area contributed by atoms with Crippen LogP contribution < -0.4 is 10.6 Å². The van der Waals surface area contributed by atoms with Crippen molar-refractivity contribution in [3.63, 3.8) is 0 Å². The number of carboxylic acids is 1. The Kier molecular flexibility index (Phi) is 7.03. The van der Waals surface area contributed by atoms with E-state index < -0.39 is 17.9 Å². The summed E-state index contributed by atoms with van der Waals surface area (Å²) in [5, 5.41) is 10.9. The molecule has 0 saturated heterocycles. The molecule has 5 rings (SSSR count). The molecule has 1 aliphatic rings. The average Bonchev–Trinajstić information content (AvgIpc) is 3.32. The summed E-state index contributed by atoms with van der Waals surface area (Å²) in [6, 6.07) is 19.3. The lowest BCUT2D eigenvalue weighted by Crippen LogP contribution is -2.40. The molecular weight excluding hydrogens is 466 g/mol. The van der Waals surface area contributed by atoms with Gasteiger partial charge in [0.1, 0.15) is 5.01 Å². The second-order valence-electron chi connectivity index (χ2n) is 7.08. The lowest BCUT2D eigenvalue weighted by Gasteiger charge is -2.18. The standard InChI is InChI=1S/C16H12N3O2.C9H6N2O2S/c17-16(21)19-13-9-5-4-8-12(13)15(18-10-14(19)20)11-6-2-1-3-7-11;12-9(13)7-5-14-8(11-7)6-1-3-10-4-2-6/h1-10H,(H2,17,21);1-5H,(H,12,13). The Labute approximate surface area is 204 Å². The average molecular weight is 485 g/mol. The van der Waals surface area contributed by atoms with Gasteiger partial charge < -0.3 is 10.8 Å². The maximum absolute atomic E-state index is 12.1. The third-order valence-electron chi connectivity index (χ3n) is 4.84. The number of benzodiazepines with no additional fused rings is 1. The van der Waals surface area contributed by atoms with E-state index in [1.807, 2.05) is 42.5 Å². The van der Waals surface area contributed by atoms with Crippen LogP contribution in [0.5, 0.6) is 0 Å². The van der Waals surface area contributed by atoms with Crippen molar-refractivity contribution in [2.24, 2.45) is 10.7 Å². The Hall–Kier alpha value is -4.70. The molecule has 1 radical (unpaired) electrons. The van der Waals surface area contributed by atoms with Crippen LogP contribution >= 0.6 is 11.3 Å². The number of nitrogens with zero attached hydrogens (tertiary/aromatic N) is 4. The van der Waals surface area contributed by atoms with Gasteiger partial charge in [0.2, 0.25) is 0 Å². The lowest BCUT2D eigenvalue weighted by molar-refractivity contribution is -0.114. The number of primary amides is 1. The van der Waals surface area contributed by atoms with E-state index in [1.54, 1.807) is 36.7 Å². The van der Waals surface area contributed by atoms with Crippen molar-refractivity contribution in [1.82, 2.24) is 9.97 Å². The van der Waals surface area contributed by atoms with E-state index in [1.165, 1.54) is 16.7 Å². The number of urea groups is 1. The van der Waals surface area contributed by atoms with Gasteiger partial charge in [-0.05, 0) is 18.2 Å². The second kappa shape index (κ2) is 10.5. The number of nitrogens with two attached hydrogens (primary N) is 1. The molecule has 0 saturated carbocycles. The minimum Gasteiger partial charge on any atom is -0.476 e. The molecule has 0 fully saturated rings. The third-order valence-corrected chi connectivity index (χ3v) is 5.73. The van der Waals surface area contributed by atoms with E-state index >= 15 is 0 Å². The first kappa shape index (κ1) is 23.5. The van der Waals surface area contributed by atoms with Gasteiger partial charge >= 0.3 is 12.0 Å². The summed E-state index contributed by atoms with van der Waals surface area (Å²) >= 11 is 1.31. The zero-order valence-electron chi connectivity index (χ0n) is 18.1. The van der Waals surface area contributed by atoms with Crippen LogP contribution in [0.3, 0.4) is 0 Å². The molecule has 3 amide bonds. The predicted octanol–water partition coefficient (Wildman–Crippen LogP) is 4.01. The molecule has 0 spiro atoms. The number of aliphatic imine (C=N–C) groups is 1. The van der Waals surface area contributed by atoms with E-state index in [0.717, 1.165) is 22.6 Å². The van der Waals surface area contributed by atoms with Crippen LogP contribution in [-0.2, 0) is 4.79 Å². The van der Waals surface area contributed by atoms with Gasteiger partial charge in [0.05, 0.1) is 11.4 Å². The number of hydrogen-bond acceptors (Lipinski definition) is 7. The van der Waals surface area contributed by atoms with Gasteiger partial charge in [-0.1, -0.05) is 48.5 Å². The number of carbonyl (C=O) groups is 3. The highest BCUT2D eigenvalue weighted by atomic mass is 32.1. The number of pyridine rings is 1. The number of aromatic carboxylic acids is 1. The summed E-state index contributed by atoms with van der Waals surface area (Å²) < 4.78 is 0. The Morgan fingerprint density at radius 2 is 1.60 bits per heavy atom. The van der Waals surface area contributed by atoms with Gasteiger partial charge in [-0.3, -0.25) is 14.8 Å². The van der Waals surface area contributed by atoms with Crippen molar-refractivity contribution in [1.29, 1.82) is 0 Å². The van der Waals surface area contributed by atoms with Crippen molar-refractivity contribution in [3.8, 4) is 10.6 Å². The van der Waals surface area contributed by atoms with E-state index in [2.05, 4.69) is 15.0 Å². The summed E-state index contributed by atoms with van der Waals surface area (Å²) in [4.78, 5) is 47.2. The highest BCUT2D eigenvalue weighted by Gasteiger charge is 2.28. The summed E-state index contributed by atoms with van der Waals surface area (Å²) in [6.07, 6.45) is 3.30. The second-order valence-corrected chi connectivity index (χ2v) is 7.94. The van der Waals surface area contributed by atoms with E-state index in [-0.39, 0.29) is 5.69 Å². The van der Waals surface area contributed by atoms with Gasteiger partial charge in [0, 0.05) is 34.5 Å². The van der Waals surface area contributed by atoms with Gasteiger partial charge in [-0.25, -0.2) is 19.5 Å². The maximum Gasteiger partial charge on any atom is 0.355 e. The minimum atomic E-state index is -0.999. The van der Waals surface area contributed by atoms with E-state index in [4.69, 9.17) is 10.8 Å². The molecule has 1 aliphatic heterocycles. The Balaban J connectivity index is 0.000000179. The molecular formula is C25H18N5O4S. The van der Waals surface area contributed by atoms with E-state index in [9.17, 15) is 14.4 Å². The molecule has 0 aliphatic carbocycles. The number of rotatable bonds is 3. The Morgan fingerprint density at radius 3 is 2.26 bits per heavy atom. The van der Waals surface area contributed by atoms with Crippen LogP contribution in [0, 0.1) is 6.54 Å². The summed E-state index contributed by atoms with van der Waals surface area (Å²) in [5.74, 6) is -1.55. The Bertz CT molecular complexity index is 1400. The summed E-state index contributed by atoms with van der Waals surface area (Å²) in [6.45, 7) is 1.12. The first-order valence-electron chi connectivity index (χ1n) is 10.2. The van der Waals surface area contributed by atoms with Crippen molar-refractivity contribution in [3.05, 3.63) is 108 Å². The fraction of sp³-hybridized carbons (Fsp3) is 0. The van der Waals surface area contributed by atoms with Crippen LogP contribution in [0.1, 0.15) is 21.6 Å². The third kappa shape index (κ3) is 5.28. The quantitative estimate of drug-likeness (QED) is 0.450. The number of thiazole rings is 1. The first-order chi connectivity index (χ1) is 17.0. The zero-order chi connectivity index (χ0) is 24.8. The molecule has 0 unspecified atom stereocenters. The molecule has 10 heteroatoms. The van der Waals surface area contributed by atoms with Crippen molar-refractivity contribution >= 4 is 40.6 Å². The number of carboxylic acid groups (broad SMARTS) is 1. The Morgan fingerprint density at radius 1 is 0.914 bits per heavy atom. The number of hydrogen-bond donors (Lipinski definition) is 2. The molecule has 9 nitrogen and oxygen atoms in total. The smallest absolute Gasteiger partial charge is 0.355 e. The molecule has 4 aromatic rings. The molecule has 3 N–H and O–H groups in total. The molecule has 0 bridgehead atoms. The van der Waals surface area contributed by atoms with E-state index in [0.29, 0.717) is 22.0 Å². The number of para-hydroxylation sites is 1. The predicted molar refractivity (Wildman–Crippen MR) is 132 cm³/mol. The normalized spacial score (nSPS) is 12.5. The monoisotopic (exact) mass is 484 g/mol. The SMILES string of the molecule is NC(=O)N1C(=O)[CH]N=C(c2ccccc2)c2ccccc21.O=C(O)c1csc(-c2ccncc2)n1. The fourth-order valence-corrected chi connectivity index (χ4v) is 4.09. The maximum atomic E-state index is 12.1. The highest BCUT2D eigenvalue weighted by molar-refractivity contribution is 7.13. The number of anilines is 1. The zero-order valence-corrected chi connectivity index (χ0v) is 18.9. The molecule has 0 atom stereocenters. The summed E-state index contributed by atoms with van der Waals surface area (Å²) in [5.41, 5.74) is 8.90. The van der Waals surface area contributed by atoms with Gasteiger partial charge in [-0.15, -0.1) is 11.3 Å². The van der Waals surface area contributed by atoms with Gasteiger partial charge in [-0.2, -0.15) is 0 Å². The van der Waals surface area contributed by atoms with Crippen LogP contribution in [-0.4, -0.2) is 38.7 Å². The molecule has 3 heterocycles. The topological polar surface area (TPSA) is 139 Å². The van der Waals surface area contributed by atoms with Crippen LogP contribution in [0.2, 0.25) is 0 Å². The minimum absolute atomic E-state index is 0.0850. The van der Waals surface area contributed by atoms with Crippen molar-refractivity contribution in [2.45, 2.75) is 0 Å². The van der Waals surface area contributed by atoms with Gasteiger partial charge in [0.15, 0.2) is 12.2 Å². The number of amides is 3. The fourth-order valence-electron chi connectivity index (χ4n) is 3.29. The van der Waals surface area contributed by atoms with Crippen LogP contribution in [0.4, 0.5) is 10.5 Å². The number of fused-ring (bicyclic) bond motifs is 1. The number of benzene rings is 2. The lowest BCUT2D eigenvalue weighted by atomic mass is 10.0. The number of carbonyl (C=O) groups excluding carboxylic acids is 2.